The largest absolute Gasteiger partial charge is 0.342 e. The summed E-state index contributed by atoms with van der Waals surface area (Å²) in [6.07, 6.45) is 7.79. The molecule has 2 fully saturated rings. The van der Waals surface area contributed by atoms with Crippen molar-refractivity contribution in [3.8, 4) is 0 Å². The van der Waals surface area contributed by atoms with Gasteiger partial charge in [-0.2, -0.15) is 0 Å². The monoisotopic (exact) mass is 281 g/mol. The second kappa shape index (κ2) is 7.41. The molecule has 1 aliphatic heterocycles. The summed E-state index contributed by atoms with van der Waals surface area (Å²) >= 11 is 0. The smallest absolute Gasteiger partial charge is 0.227 e. The molecule has 4 nitrogen and oxygen atoms in total. The maximum Gasteiger partial charge on any atom is 0.227 e. The van der Waals surface area contributed by atoms with Gasteiger partial charge in [-0.15, -0.1) is 0 Å². The molecule has 0 aromatic carbocycles. The van der Waals surface area contributed by atoms with Crippen LogP contribution in [-0.4, -0.2) is 54.5 Å². The average molecular weight is 281 g/mol. The van der Waals surface area contributed by atoms with Crippen LogP contribution in [0.5, 0.6) is 0 Å². The lowest BCUT2D eigenvalue weighted by molar-refractivity contribution is -0.138. The lowest BCUT2D eigenvalue weighted by Crippen LogP contribution is -2.49. The van der Waals surface area contributed by atoms with Gasteiger partial charge in [0.15, 0.2) is 0 Å². The van der Waals surface area contributed by atoms with Crippen LogP contribution < -0.4 is 5.73 Å². The quantitative estimate of drug-likeness (QED) is 0.803. The van der Waals surface area contributed by atoms with Crippen LogP contribution in [0.4, 0.5) is 0 Å². The molecule has 0 spiro atoms. The van der Waals surface area contributed by atoms with E-state index in [9.17, 15) is 4.79 Å². The molecule has 2 aliphatic rings. The molecule has 2 rings (SSSR count). The Balaban J connectivity index is 1.90. The number of hydrogen-bond donors (Lipinski definition) is 1. The number of nitrogens with two attached hydrogens (primary N) is 1. The molecule has 0 bridgehead atoms. The Bertz CT molecular complexity index is 313. The highest BCUT2D eigenvalue weighted by Gasteiger charge is 2.32. The van der Waals surface area contributed by atoms with Crippen LogP contribution in [0.3, 0.4) is 0 Å². The van der Waals surface area contributed by atoms with E-state index in [-0.39, 0.29) is 12.0 Å². The summed E-state index contributed by atoms with van der Waals surface area (Å²) in [6, 6.07) is 0.490. The van der Waals surface area contributed by atoms with E-state index in [1.54, 1.807) is 0 Å². The topological polar surface area (TPSA) is 49.6 Å². The van der Waals surface area contributed by atoms with Crippen LogP contribution in [0.2, 0.25) is 0 Å². The molecule has 1 aliphatic carbocycles. The molecule has 0 aromatic rings. The molecule has 1 saturated carbocycles. The number of carbonyl (C=O) groups is 1. The van der Waals surface area contributed by atoms with Gasteiger partial charge in [-0.05, 0) is 32.2 Å². The van der Waals surface area contributed by atoms with E-state index in [4.69, 9.17) is 5.73 Å². The van der Waals surface area contributed by atoms with Crippen molar-refractivity contribution in [3.63, 3.8) is 0 Å². The van der Waals surface area contributed by atoms with Crippen molar-refractivity contribution >= 4 is 5.91 Å². The third kappa shape index (κ3) is 3.73. The van der Waals surface area contributed by atoms with E-state index in [1.807, 2.05) is 11.9 Å². The molecule has 2 atom stereocenters. The minimum absolute atomic E-state index is 0.0618. The van der Waals surface area contributed by atoms with Gasteiger partial charge in [0, 0.05) is 32.2 Å². The first-order valence-electron chi connectivity index (χ1n) is 8.38. The molecule has 1 amide bonds. The summed E-state index contributed by atoms with van der Waals surface area (Å²) in [5.74, 6) is 0.362. The summed E-state index contributed by atoms with van der Waals surface area (Å²) in [5.41, 5.74) is 6.24. The van der Waals surface area contributed by atoms with E-state index in [1.165, 1.54) is 12.8 Å². The zero-order valence-corrected chi connectivity index (χ0v) is 13.2. The number of nitrogens with zero attached hydrogens (tertiary/aromatic N) is 2. The van der Waals surface area contributed by atoms with Crippen molar-refractivity contribution in [3.05, 3.63) is 0 Å². The summed E-state index contributed by atoms with van der Waals surface area (Å²) in [4.78, 5) is 17.2. The van der Waals surface area contributed by atoms with Crippen molar-refractivity contribution in [1.29, 1.82) is 0 Å². The van der Waals surface area contributed by atoms with Crippen LogP contribution in [0, 0.1) is 5.92 Å². The Morgan fingerprint density at radius 3 is 2.45 bits per heavy atom. The van der Waals surface area contributed by atoms with Gasteiger partial charge in [-0.3, -0.25) is 4.79 Å². The number of piperidine rings is 1. The molecule has 20 heavy (non-hydrogen) atoms. The number of carbonyl (C=O) groups excluding carboxylic acids is 1. The van der Waals surface area contributed by atoms with Crippen LogP contribution in [0.1, 0.15) is 51.9 Å². The summed E-state index contributed by atoms with van der Waals surface area (Å²) in [5, 5.41) is 0. The summed E-state index contributed by atoms with van der Waals surface area (Å²) < 4.78 is 0. The van der Waals surface area contributed by atoms with Gasteiger partial charge in [0.25, 0.3) is 0 Å². The third-order valence-corrected chi connectivity index (χ3v) is 5.29. The normalized spacial score (nSPS) is 29.9. The molecule has 0 radical (unpaired) electrons. The van der Waals surface area contributed by atoms with Gasteiger partial charge in [-0.25, -0.2) is 0 Å². The molecule has 116 valence electrons. The lowest BCUT2D eigenvalue weighted by Gasteiger charge is -2.38. The maximum absolute atomic E-state index is 12.7. The average Bonchev–Trinajstić information content (AvgIpc) is 2.70. The van der Waals surface area contributed by atoms with E-state index in [0.717, 1.165) is 51.7 Å². The van der Waals surface area contributed by atoms with Gasteiger partial charge in [0.05, 0.1) is 5.92 Å². The predicted octanol–water partition coefficient (Wildman–Crippen LogP) is 1.84. The summed E-state index contributed by atoms with van der Waals surface area (Å²) in [7, 11) is 1.99. The fourth-order valence-corrected chi connectivity index (χ4v) is 3.71. The standard InChI is InChI=1S/C16H31N3O/c1-3-19-11-9-13(10-12-19)18(2)16(20)14-7-5-4-6-8-15(14)17/h13-15H,3-12,17H2,1-2H3. The number of likely N-dealkylation sites (tertiary alicyclic amines) is 1. The molecule has 2 unspecified atom stereocenters. The highest BCUT2D eigenvalue weighted by atomic mass is 16.2. The highest BCUT2D eigenvalue weighted by Crippen LogP contribution is 2.26. The second-order valence-corrected chi connectivity index (χ2v) is 6.52. The van der Waals surface area contributed by atoms with Gasteiger partial charge < -0.3 is 15.5 Å². The number of rotatable bonds is 3. The zero-order chi connectivity index (χ0) is 14.5. The Morgan fingerprint density at radius 1 is 1.15 bits per heavy atom. The molecule has 1 saturated heterocycles. The van der Waals surface area contributed by atoms with E-state index < -0.39 is 0 Å². The fraction of sp³-hybridized carbons (Fsp3) is 0.938. The zero-order valence-electron chi connectivity index (χ0n) is 13.2. The van der Waals surface area contributed by atoms with E-state index in [2.05, 4.69) is 11.8 Å². The van der Waals surface area contributed by atoms with E-state index >= 15 is 0 Å². The number of amides is 1. The highest BCUT2D eigenvalue weighted by molar-refractivity contribution is 5.79. The van der Waals surface area contributed by atoms with Crippen molar-refractivity contribution in [2.75, 3.05) is 26.7 Å². The molecular weight excluding hydrogens is 250 g/mol. The Morgan fingerprint density at radius 2 is 1.80 bits per heavy atom. The van der Waals surface area contributed by atoms with Crippen molar-refractivity contribution in [2.24, 2.45) is 11.7 Å². The van der Waals surface area contributed by atoms with Gasteiger partial charge in [0.2, 0.25) is 5.91 Å². The lowest BCUT2D eigenvalue weighted by atomic mass is 9.92. The second-order valence-electron chi connectivity index (χ2n) is 6.52. The number of hydrogen-bond acceptors (Lipinski definition) is 3. The first-order chi connectivity index (χ1) is 9.63. The Kier molecular flexibility index (Phi) is 5.85. The Hall–Kier alpha value is -0.610. The first-order valence-corrected chi connectivity index (χ1v) is 8.38. The summed E-state index contributed by atoms with van der Waals surface area (Å²) in [6.45, 7) is 5.57. The van der Waals surface area contributed by atoms with Crippen molar-refractivity contribution in [1.82, 2.24) is 9.80 Å². The Labute approximate surface area is 123 Å². The van der Waals surface area contributed by atoms with E-state index in [0.29, 0.717) is 11.9 Å². The van der Waals surface area contributed by atoms with Crippen LogP contribution in [0.15, 0.2) is 0 Å². The van der Waals surface area contributed by atoms with Gasteiger partial charge in [0.1, 0.15) is 0 Å². The van der Waals surface area contributed by atoms with Crippen LogP contribution >= 0.6 is 0 Å². The minimum Gasteiger partial charge on any atom is -0.342 e. The first kappa shape index (κ1) is 15.8. The van der Waals surface area contributed by atoms with Gasteiger partial charge in [-0.1, -0.05) is 26.2 Å². The minimum atomic E-state index is 0.0618. The van der Waals surface area contributed by atoms with Crippen molar-refractivity contribution < 1.29 is 4.79 Å². The molecule has 0 aromatic heterocycles. The maximum atomic E-state index is 12.7. The van der Waals surface area contributed by atoms with Gasteiger partial charge >= 0.3 is 0 Å². The predicted molar refractivity (Wildman–Crippen MR) is 82.5 cm³/mol. The fourth-order valence-electron chi connectivity index (χ4n) is 3.71. The SMILES string of the molecule is CCN1CCC(N(C)C(=O)C2CCCCCC2N)CC1. The molecule has 1 heterocycles. The van der Waals surface area contributed by atoms with Crippen LogP contribution in [0.25, 0.3) is 0 Å². The third-order valence-electron chi connectivity index (χ3n) is 5.29. The van der Waals surface area contributed by atoms with Crippen molar-refractivity contribution in [2.45, 2.75) is 64.0 Å². The van der Waals surface area contributed by atoms with Crippen LogP contribution in [-0.2, 0) is 4.79 Å². The molecule has 4 heteroatoms. The molecular formula is C16H31N3O. The molecule has 2 N–H and O–H groups in total.